The number of rotatable bonds is 4. The van der Waals surface area contributed by atoms with Crippen LogP contribution in [0.5, 0.6) is 0 Å². The van der Waals surface area contributed by atoms with Crippen LogP contribution in [-0.4, -0.2) is 42.5 Å². The first-order valence-electron chi connectivity index (χ1n) is 9.20. The van der Waals surface area contributed by atoms with Gasteiger partial charge in [-0.1, -0.05) is 0 Å². The molecule has 0 unspecified atom stereocenters. The molecule has 1 saturated heterocycles. The van der Waals surface area contributed by atoms with Crippen molar-refractivity contribution in [1.82, 2.24) is 0 Å². The van der Waals surface area contributed by atoms with Crippen molar-refractivity contribution in [2.24, 2.45) is 5.41 Å². The second-order valence-corrected chi connectivity index (χ2v) is 7.86. The van der Waals surface area contributed by atoms with Crippen LogP contribution in [0.3, 0.4) is 0 Å². The number of hydrogen-bond donors (Lipinski definition) is 1. The lowest BCUT2D eigenvalue weighted by Gasteiger charge is -2.40. The Morgan fingerprint density at radius 2 is 1.55 bits per heavy atom. The number of nitrogens with zero attached hydrogens (tertiary/aromatic N) is 1. The smallest absolute Gasteiger partial charge is 0.387 e. The predicted octanol–water partition coefficient (Wildman–Crippen LogP) is 4.31. The van der Waals surface area contributed by atoms with Crippen molar-refractivity contribution in [3.63, 3.8) is 0 Å². The molecule has 1 N–H and O–H groups in total. The quantitative estimate of drug-likeness (QED) is 0.732. The van der Waals surface area contributed by atoms with Crippen LogP contribution in [0, 0.1) is 5.41 Å². The summed E-state index contributed by atoms with van der Waals surface area (Å²) in [5.41, 5.74) is -2.60. The molecule has 0 aromatic heterocycles. The highest BCUT2D eigenvalue weighted by Crippen LogP contribution is 2.48. The lowest BCUT2D eigenvalue weighted by Crippen LogP contribution is -2.46. The Morgan fingerprint density at radius 1 is 0.966 bits per heavy atom. The van der Waals surface area contributed by atoms with E-state index in [-0.39, 0.29) is 31.6 Å². The van der Waals surface area contributed by atoms with Crippen LogP contribution in [-0.2, 0) is 15.7 Å². The number of carbonyl (C=O) groups is 1. The van der Waals surface area contributed by atoms with Crippen molar-refractivity contribution < 1.29 is 41.0 Å². The average Bonchev–Trinajstić information content (AvgIpc) is 2.93. The topological polar surface area (TPSA) is 49.8 Å². The van der Waals surface area contributed by atoms with E-state index in [9.17, 15) is 36.2 Å². The van der Waals surface area contributed by atoms with Crippen molar-refractivity contribution in [2.45, 2.75) is 50.1 Å². The van der Waals surface area contributed by atoms with Gasteiger partial charge in [-0.05, 0) is 56.4 Å². The van der Waals surface area contributed by atoms with E-state index in [0.717, 1.165) is 12.1 Å². The monoisotopic (exact) mass is 425 g/mol. The Hall–Kier alpha value is -1.81. The normalized spacial score (nSPS) is 28.4. The maximum atomic E-state index is 13.0. The molecular formula is C19H21F6NO3. The summed E-state index contributed by atoms with van der Waals surface area (Å²) in [5, 5.41) is 10.5. The fourth-order valence-corrected chi connectivity index (χ4v) is 4.06. The molecule has 0 atom stereocenters. The van der Waals surface area contributed by atoms with Gasteiger partial charge in [0.2, 0.25) is 5.91 Å². The molecule has 10 heteroatoms. The number of anilines is 1. The average molecular weight is 425 g/mol. The van der Waals surface area contributed by atoms with Gasteiger partial charge in [0, 0.05) is 12.2 Å². The molecule has 1 saturated carbocycles. The first-order valence-corrected chi connectivity index (χ1v) is 9.20. The molecule has 1 spiro atoms. The molecule has 1 heterocycles. The highest BCUT2D eigenvalue weighted by atomic mass is 19.4. The molecular weight excluding hydrogens is 404 g/mol. The summed E-state index contributed by atoms with van der Waals surface area (Å²) in [6.07, 6.45) is -7.64. The molecule has 1 amide bonds. The van der Waals surface area contributed by atoms with Gasteiger partial charge in [0.1, 0.15) is 6.61 Å². The number of aliphatic hydroxyl groups is 1. The number of benzene rings is 1. The van der Waals surface area contributed by atoms with Crippen LogP contribution in [0.4, 0.5) is 32.0 Å². The van der Waals surface area contributed by atoms with Gasteiger partial charge >= 0.3 is 12.4 Å². The zero-order chi connectivity index (χ0) is 21.5. The zero-order valence-electron chi connectivity index (χ0n) is 15.4. The van der Waals surface area contributed by atoms with E-state index in [4.69, 9.17) is 0 Å². The zero-order valence-corrected chi connectivity index (χ0v) is 15.4. The maximum Gasteiger partial charge on any atom is 0.416 e. The highest BCUT2D eigenvalue weighted by Gasteiger charge is 2.51. The van der Waals surface area contributed by atoms with Gasteiger partial charge in [0.05, 0.1) is 23.2 Å². The lowest BCUT2D eigenvalue weighted by atomic mass is 9.68. The second kappa shape index (κ2) is 7.46. The third kappa shape index (κ3) is 4.85. The Kier molecular flexibility index (Phi) is 5.63. The molecule has 1 aliphatic heterocycles. The summed E-state index contributed by atoms with van der Waals surface area (Å²) >= 11 is 0. The number of alkyl halides is 6. The van der Waals surface area contributed by atoms with Gasteiger partial charge in [-0.15, -0.1) is 0 Å². The first kappa shape index (κ1) is 21.9. The van der Waals surface area contributed by atoms with Crippen LogP contribution in [0.2, 0.25) is 0 Å². The van der Waals surface area contributed by atoms with Crippen LogP contribution in [0.15, 0.2) is 24.3 Å². The Labute approximate surface area is 163 Å². The van der Waals surface area contributed by atoms with Crippen molar-refractivity contribution >= 4 is 11.6 Å². The van der Waals surface area contributed by atoms with E-state index >= 15 is 0 Å². The first-order chi connectivity index (χ1) is 13.3. The Balaban J connectivity index is 1.61. The van der Waals surface area contributed by atoms with E-state index in [0.29, 0.717) is 18.7 Å². The third-order valence-electron chi connectivity index (χ3n) is 5.79. The summed E-state index contributed by atoms with van der Waals surface area (Å²) in [5.74, 6) is -0.226. The summed E-state index contributed by atoms with van der Waals surface area (Å²) in [7, 11) is 0. The summed E-state index contributed by atoms with van der Waals surface area (Å²) in [6.45, 7) is -1.56. The summed E-state index contributed by atoms with van der Waals surface area (Å²) < 4.78 is 79.3. The third-order valence-corrected chi connectivity index (χ3v) is 5.79. The molecule has 2 fully saturated rings. The van der Waals surface area contributed by atoms with Crippen molar-refractivity contribution in [3.8, 4) is 0 Å². The molecule has 0 bridgehead atoms. The molecule has 3 rings (SSSR count). The second-order valence-electron chi connectivity index (χ2n) is 7.86. The van der Waals surface area contributed by atoms with Gasteiger partial charge in [0.25, 0.3) is 0 Å². The van der Waals surface area contributed by atoms with Crippen LogP contribution in [0.25, 0.3) is 0 Å². The number of amides is 1. The molecule has 4 nitrogen and oxygen atoms in total. The molecule has 0 radical (unpaired) electrons. The van der Waals surface area contributed by atoms with E-state index in [1.54, 1.807) is 0 Å². The van der Waals surface area contributed by atoms with Crippen LogP contribution >= 0.6 is 0 Å². The molecule has 1 aromatic rings. The van der Waals surface area contributed by atoms with Gasteiger partial charge < -0.3 is 14.7 Å². The minimum absolute atomic E-state index is 0.122. The number of halogens is 6. The van der Waals surface area contributed by atoms with Crippen LogP contribution < -0.4 is 4.90 Å². The highest BCUT2D eigenvalue weighted by molar-refractivity contribution is 6.00. The largest absolute Gasteiger partial charge is 0.416 e. The lowest BCUT2D eigenvalue weighted by molar-refractivity contribution is -0.191. The van der Waals surface area contributed by atoms with E-state index in [1.807, 2.05) is 0 Å². The van der Waals surface area contributed by atoms with Gasteiger partial charge in [-0.2, -0.15) is 26.3 Å². The van der Waals surface area contributed by atoms with E-state index in [1.165, 1.54) is 17.0 Å². The number of ether oxygens (including phenoxy) is 1. The van der Waals surface area contributed by atoms with Crippen molar-refractivity contribution in [2.75, 3.05) is 24.7 Å². The summed E-state index contributed by atoms with van der Waals surface area (Å²) in [4.78, 5) is 14.4. The number of hydrogen-bond acceptors (Lipinski definition) is 3. The minimum atomic E-state index is -4.48. The maximum absolute atomic E-state index is 13.0. The molecule has 1 aliphatic carbocycles. The predicted molar refractivity (Wildman–Crippen MR) is 91.1 cm³/mol. The Bertz CT molecular complexity index is 736. The van der Waals surface area contributed by atoms with Crippen molar-refractivity contribution in [1.29, 1.82) is 0 Å². The number of carbonyl (C=O) groups excluding carboxylic acids is 1. The molecule has 29 heavy (non-hydrogen) atoms. The SMILES string of the molecule is O=C1N(c2ccc(C(F)(F)F)cc2)CC[C@]12CC[C@@](O)(COCC(F)(F)F)CC2. The molecule has 162 valence electrons. The van der Waals surface area contributed by atoms with Gasteiger partial charge in [-0.3, -0.25) is 4.79 Å². The van der Waals surface area contributed by atoms with E-state index in [2.05, 4.69) is 4.74 Å². The van der Waals surface area contributed by atoms with Crippen molar-refractivity contribution in [3.05, 3.63) is 29.8 Å². The standard InChI is InChI=1S/C19H21F6NO3/c20-18(21,22)12-29-11-17(28)7-5-16(6-8-17)9-10-26(15(16)27)14-3-1-13(2-4-14)19(23,24)25/h1-4,28H,5-12H2/t16-,17+. The molecule has 2 aliphatic rings. The fraction of sp³-hybridized carbons (Fsp3) is 0.632. The minimum Gasteiger partial charge on any atom is -0.387 e. The molecule has 1 aromatic carbocycles. The van der Waals surface area contributed by atoms with Gasteiger partial charge in [0.15, 0.2) is 0 Å². The van der Waals surface area contributed by atoms with E-state index < -0.39 is 42.1 Å². The van der Waals surface area contributed by atoms with Gasteiger partial charge in [-0.25, -0.2) is 0 Å². The Morgan fingerprint density at radius 3 is 2.07 bits per heavy atom. The van der Waals surface area contributed by atoms with Crippen LogP contribution in [0.1, 0.15) is 37.7 Å². The fourth-order valence-electron chi connectivity index (χ4n) is 4.06. The summed E-state index contributed by atoms with van der Waals surface area (Å²) in [6, 6.07) is 4.35.